The highest BCUT2D eigenvalue weighted by Crippen LogP contribution is 2.27. The van der Waals surface area contributed by atoms with Crippen LogP contribution in [0.5, 0.6) is 0 Å². The Hall–Kier alpha value is -1.36. The molecule has 0 radical (unpaired) electrons. The molecule has 1 heterocycles. The van der Waals surface area contributed by atoms with E-state index in [1.165, 1.54) is 0 Å². The highest BCUT2D eigenvalue weighted by atomic mass is 35.5. The molecule has 0 bridgehead atoms. The Balaban J connectivity index is 0.00000220. The van der Waals surface area contributed by atoms with Gasteiger partial charge in [-0.2, -0.15) is 0 Å². The molecule has 21 heavy (non-hydrogen) atoms. The largest absolute Gasteiger partial charge is 1.00 e. The molecule has 5 heteroatoms. The minimum Gasteiger partial charge on any atom is -1.00 e. The van der Waals surface area contributed by atoms with Gasteiger partial charge in [-0.25, -0.2) is 4.79 Å². The number of benzene rings is 1. The third-order valence-electron chi connectivity index (χ3n) is 3.26. The van der Waals surface area contributed by atoms with Crippen LogP contribution < -0.4 is 18.1 Å². The maximum atomic E-state index is 12.3. The third-order valence-corrected chi connectivity index (χ3v) is 3.26. The summed E-state index contributed by atoms with van der Waals surface area (Å²) in [4.78, 5) is 12.3. The van der Waals surface area contributed by atoms with Crippen LogP contribution in [0.1, 0.15) is 25.0 Å². The van der Waals surface area contributed by atoms with E-state index < -0.39 is 5.60 Å². The van der Waals surface area contributed by atoms with E-state index >= 15 is 0 Å². The standard InChI is InChI=1S/C16H21NO3.ClH/c1-12(2)20-15(18)16(7-4-8-19-16)10-13-5-3-6-14(9-13)11-17;/h3-7,9,12H,8,10-11,17H2,1-2H3;1H. The smallest absolute Gasteiger partial charge is 0.343 e. The van der Waals surface area contributed by atoms with Gasteiger partial charge in [0, 0.05) is 12.0 Å². The van der Waals surface area contributed by atoms with Crippen LogP contribution in [0.25, 0.3) is 0 Å². The predicted octanol–water partition coefficient (Wildman–Crippen LogP) is -1.75. The van der Waals surface area contributed by atoms with E-state index in [1.807, 2.05) is 44.2 Å². The molecule has 1 aliphatic rings. The highest BCUT2D eigenvalue weighted by molar-refractivity contribution is 5.83. The molecule has 4 nitrogen and oxygen atoms in total. The Morgan fingerprint density at radius 1 is 1.43 bits per heavy atom. The first-order valence-electron chi connectivity index (χ1n) is 6.95. The molecular formula is C16H22ClNO3. The summed E-state index contributed by atoms with van der Waals surface area (Å²) in [6.45, 7) is 4.86. The monoisotopic (exact) mass is 311 g/mol. The minimum absolute atomic E-state index is 0. The summed E-state index contributed by atoms with van der Waals surface area (Å²) in [6.07, 6.45) is 4.02. The molecule has 0 saturated heterocycles. The van der Waals surface area contributed by atoms with Crippen LogP contribution in [0.4, 0.5) is 0 Å². The molecule has 0 saturated carbocycles. The molecule has 0 spiro atoms. The Kier molecular flexibility index (Phi) is 6.40. The first-order chi connectivity index (χ1) is 9.55. The van der Waals surface area contributed by atoms with E-state index in [2.05, 4.69) is 11.8 Å². The normalized spacial score (nSPS) is 20.4. The molecule has 1 aromatic rings. The van der Waals surface area contributed by atoms with Gasteiger partial charge in [0.25, 0.3) is 0 Å². The van der Waals surface area contributed by atoms with Crippen LogP contribution in [-0.2, 0) is 27.2 Å². The van der Waals surface area contributed by atoms with E-state index in [9.17, 15) is 4.79 Å². The second-order valence-electron chi connectivity index (χ2n) is 5.30. The number of esters is 1. The number of quaternary nitrogens is 1. The molecule has 116 valence electrons. The van der Waals surface area contributed by atoms with Gasteiger partial charge in [0.15, 0.2) is 5.60 Å². The Bertz CT molecular complexity index is 516. The molecule has 1 unspecified atom stereocenters. The van der Waals surface area contributed by atoms with Crippen molar-refractivity contribution < 1.29 is 32.4 Å². The van der Waals surface area contributed by atoms with Crippen molar-refractivity contribution >= 4 is 5.97 Å². The maximum absolute atomic E-state index is 12.3. The van der Waals surface area contributed by atoms with Gasteiger partial charge >= 0.3 is 5.97 Å². The zero-order valence-corrected chi connectivity index (χ0v) is 13.2. The van der Waals surface area contributed by atoms with Gasteiger partial charge in [0.2, 0.25) is 0 Å². The molecule has 1 atom stereocenters. The van der Waals surface area contributed by atoms with Gasteiger partial charge < -0.3 is 27.6 Å². The first kappa shape index (κ1) is 17.7. The van der Waals surface area contributed by atoms with Crippen molar-refractivity contribution in [2.24, 2.45) is 0 Å². The maximum Gasteiger partial charge on any atom is 0.343 e. The first-order valence-corrected chi connectivity index (χ1v) is 6.95. The average Bonchev–Trinajstić information content (AvgIpc) is 2.88. The van der Waals surface area contributed by atoms with Crippen molar-refractivity contribution in [2.45, 2.75) is 38.5 Å². The van der Waals surface area contributed by atoms with Crippen LogP contribution in [0, 0.1) is 0 Å². The van der Waals surface area contributed by atoms with E-state index in [0.717, 1.165) is 17.7 Å². The van der Waals surface area contributed by atoms with Gasteiger partial charge in [0.05, 0.1) is 19.3 Å². The average molecular weight is 312 g/mol. The van der Waals surface area contributed by atoms with Crippen LogP contribution in [-0.4, -0.2) is 24.3 Å². The lowest BCUT2D eigenvalue weighted by Gasteiger charge is -2.26. The molecule has 0 aliphatic carbocycles. The number of carbonyl (C=O) groups is 1. The van der Waals surface area contributed by atoms with Crippen molar-refractivity contribution in [3.63, 3.8) is 0 Å². The van der Waals surface area contributed by atoms with Crippen molar-refractivity contribution in [3.8, 4) is 0 Å². The van der Waals surface area contributed by atoms with Gasteiger partial charge in [-0.15, -0.1) is 0 Å². The summed E-state index contributed by atoms with van der Waals surface area (Å²) in [5.74, 6) is -0.318. The van der Waals surface area contributed by atoms with E-state index in [-0.39, 0.29) is 24.5 Å². The summed E-state index contributed by atoms with van der Waals surface area (Å²) in [5.41, 5.74) is 5.11. The van der Waals surface area contributed by atoms with Crippen LogP contribution in [0.15, 0.2) is 36.4 Å². The van der Waals surface area contributed by atoms with E-state index in [1.54, 1.807) is 0 Å². The van der Waals surface area contributed by atoms with Gasteiger partial charge in [-0.3, -0.25) is 0 Å². The summed E-state index contributed by atoms with van der Waals surface area (Å²) in [6, 6.07) is 8.07. The fourth-order valence-corrected chi connectivity index (χ4v) is 2.30. The second kappa shape index (κ2) is 7.59. The number of ether oxygens (including phenoxy) is 2. The third kappa shape index (κ3) is 4.30. The van der Waals surface area contributed by atoms with Crippen molar-refractivity contribution in [1.29, 1.82) is 0 Å². The van der Waals surface area contributed by atoms with Gasteiger partial charge in [-0.05, 0) is 25.5 Å². The quantitative estimate of drug-likeness (QED) is 0.518. The number of hydrogen-bond acceptors (Lipinski definition) is 3. The number of rotatable bonds is 5. The summed E-state index contributed by atoms with van der Waals surface area (Å²) < 4.78 is 11.0. The Morgan fingerprint density at radius 2 is 2.14 bits per heavy atom. The lowest BCUT2D eigenvalue weighted by Crippen LogP contribution is -3.00. The molecule has 1 aromatic carbocycles. The molecule has 0 aromatic heterocycles. The minimum atomic E-state index is -0.982. The molecule has 3 N–H and O–H groups in total. The summed E-state index contributed by atoms with van der Waals surface area (Å²) >= 11 is 0. The lowest BCUT2D eigenvalue weighted by atomic mass is 9.93. The van der Waals surface area contributed by atoms with Crippen molar-refractivity contribution in [2.75, 3.05) is 6.61 Å². The summed E-state index contributed by atoms with van der Waals surface area (Å²) in [5, 5.41) is 0. The topological polar surface area (TPSA) is 63.2 Å². The SMILES string of the molecule is CC(C)OC(=O)C1(Cc2cccc(C[NH3+])c2)C=CCO1.[Cl-]. The second-order valence-corrected chi connectivity index (χ2v) is 5.30. The van der Waals surface area contributed by atoms with Crippen LogP contribution >= 0.6 is 0 Å². The molecule has 1 aliphatic heterocycles. The Morgan fingerprint density at radius 3 is 2.71 bits per heavy atom. The fraction of sp³-hybridized carbons (Fsp3) is 0.438. The Labute approximate surface area is 131 Å². The molecule has 2 rings (SSSR count). The summed E-state index contributed by atoms with van der Waals surface area (Å²) in [7, 11) is 0. The van der Waals surface area contributed by atoms with Crippen molar-refractivity contribution in [1.82, 2.24) is 0 Å². The lowest BCUT2D eigenvalue weighted by molar-refractivity contribution is -0.386. The highest BCUT2D eigenvalue weighted by Gasteiger charge is 2.41. The molecule has 0 amide bonds. The van der Waals surface area contributed by atoms with E-state index in [0.29, 0.717) is 13.0 Å². The fourth-order valence-electron chi connectivity index (χ4n) is 2.30. The van der Waals surface area contributed by atoms with Gasteiger partial charge in [-0.1, -0.05) is 30.3 Å². The molecular weight excluding hydrogens is 290 g/mol. The number of halogens is 1. The van der Waals surface area contributed by atoms with Crippen LogP contribution in [0.3, 0.4) is 0 Å². The zero-order valence-electron chi connectivity index (χ0n) is 12.5. The van der Waals surface area contributed by atoms with E-state index in [4.69, 9.17) is 9.47 Å². The number of carbonyl (C=O) groups excluding carboxylic acids is 1. The van der Waals surface area contributed by atoms with Gasteiger partial charge in [0.1, 0.15) is 0 Å². The predicted molar refractivity (Wildman–Crippen MR) is 75.8 cm³/mol. The zero-order chi connectivity index (χ0) is 14.6. The number of hydrogen-bond donors (Lipinski definition) is 1. The molecule has 0 fully saturated rings. The van der Waals surface area contributed by atoms with Crippen LogP contribution in [0.2, 0.25) is 0 Å². The van der Waals surface area contributed by atoms with Crippen molar-refractivity contribution in [3.05, 3.63) is 47.5 Å².